The summed E-state index contributed by atoms with van der Waals surface area (Å²) >= 11 is 0. The number of guanidine groups is 1. The van der Waals surface area contributed by atoms with Gasteiger partial charge >= 0.3 is 0 Å². The zero-order valence-corrected chi connectivity index (χ0v) is 8.71. The van der Waals surface area contributed by atoms with E-state index in [9.17, 15) is 4.79 Å². The van der Waals surface area contributed by atoms with Gasteiger partial charge in [0.25, 0.3) is 0 Å². The van der Waals surface area contributed by atoms with E-state index in [-0.39, 0.29) is 18.0 Å². The Morgan fingerprint density at radius 2 is 2.43 bits per heavy atom. The van der Waals surface area contributed by atoms with E-state index < -0.39 is 0 Å². The minimum atomic E-state index is -0.310. The quantitative estimate of drug-likeness (QED) is 0.416. The van der Waals surface area contributed by atoms with Gasteiger partial charge in [0, 0.05) is 12.6 Å². The molecule has 0 aromatic heterocycles. The summed E-state index contributed by atoms with van der Waals surface area (Å²) in [5.74, 6) is 0.326. The highest BCUT2D eigenvalue weighted by atomic mass is 16.2. The number of nitrogens with two attached hydrogens (primary N) is 1. The molecule has 80 valence electrons. The first-order chi connectivity index (χ1) is 6.59. The van der Waals surface area contributed by atoms with Gasteiger partial charge in [-0.3, -0.25) is 4.79 Å². The first-order valence-corrected chi connectivity index (χ1v) is 4.97. The van der Waals surface area contributed by atoms with Gasteiger partial charge in [0.2, 0.25) is 5.91 Å². The zero-order valence-electron chi connectivity index (χ0n) is 8.71. The second kappa shape index (κ2) is 4.83. The van der Waals surface area contributed by atoms with Gasteiger partial charge in [0.1, 0.15) is 6.04 Å². The maximum atomic E-state index is 11.3. The van der Waals surface area contributed by atoms with Crippen LogP contribution >= 0.6 is 0 Å². The molecule has 1 heterocycles. The molecule has 14 heavy (non-hydrogen) atoms. The van der Waals surface area contributed by atoms with Gasteiger partial charge in [-0.15, -0.1) is 0 Å². The van der Waals surface area contributed by atoms with Gasteiger partial charge in [-0.1, -0.05) is 0 Å². The Bertz CT molecular complexity index is 237. The number of nitrogens with one attached hydrogen (secondary N) is 2. The van der Waals surface area contributed by atoms with Crippen molar-refractivity contribution in [2.75, 3.05) is 6.54 Å². The Morgan fingerprint density at radius 3 is 3.00 bits per heavy atom. The molecule has 1 saturated heterocycles. The van der Waals surface area contributed by atoms with Crippen LogP contribution in [0.25, 0.3) is 0 Å². The Balaban J connectivity index is 2.51. The van der Waals surface area contributed by atoms with Gasteiger partial charge in [0.05, 0.1) is 0 Å². The normalized spacial score (nSPS) is 23.5. The van der Waals surface area contributed by atoms with E-state index in [1.807, 2.05) is 13.8 Å². The number of hydrogen-bond acceptors (Lipinski definition) is 2. The monoisotopic (exact) mass is 198 g/mol. The van der Waals surface area contributed by atoms with Gasteiger partial charge in [-0.2, -0.15) is 0 Å². The Kier molecular flexibility index (Phi) is 3.73. The van der Waals surface area contributed by atoms with E-state index in [4.69, 9.17) is 5.73 Å². The number of hydrogen-bond donors (Lipinski definition) is 3. The number of aliphatic imine (C=N–C) groups is 1. The van der Waals surface area contributed by atoms with Gasteiger partial charge in [-0.25, -0.2) is 4.99 Å². The Morgan fingerprint density at radius 1 is 1.71 bits per heavy atom. The first-order valence-electron chi connectivity index (χ1n) is 4.97. The third-order valence-corrected chi connectivity index (χ3v) is 1.99. The van der Waals surface area contributed by atoms with Gasteiger partial charge in [0.15, 0.2) is 5.96 Å². The molecule has 0 aromatic carbocycles. The van der Waals surface area contributed by atoms with Crippen LogP contribution in [0, 0.1) is 0 Å². The second-order valence-corrected chi connectivity index (χ2v) is 3.76. The molecule has 5 nitrogen and oxygen atoms in total. The Labute approximate surface area is 84.1 Å². The molecule has 0 aliphatic carbocycles. The topological polar surface area (TPSA) is 79.5 Å². The maximum Gasteiger partial charge on any atom is 0.244 e. The number of rotatable bonds is 2. The molecule has 1 aliphatic rings. The molecule has 1 aliphatic heterocycles. The van der Waals surface area contributed by atoms with Crippen LogP contribution < -0.4 is 16.4 Å². The van der Waals surface area contributed by atoms with Gasteiger partial charge < -0.3 is 16.4 Å². The predicted octanol–water partition coefficient (Wildman–Crippen LogP) is -0.422. The van der Waals surface area contributed by atoms with Crippen LogP contribution in [0.15, 0.2) is 4.99 Å². The predicted molar refractivity (Wildman–Crippen MR) is 55.9 cm³/mol. The molecule has 1 unspecified atom stereocenters. The lowest BCUT2D eigenvalue weighted by Gasteiger charge is -2.19. The maximum absolute atomic E-state index is 11.3. The van der Waals surface area contributed by atoms with E-state index >= 15 is 0 Å². The lowest BCUT2D eigenvalue weighted by Crippen LogP contribution is -2.43. The van der Waals surface area contributed by atoms with Crippen LogP contribution in [-0.4, -0.2) is 30.5 Å². The van der Waals surface area contributed by atoms with Crippen LogP contribution in [0.1, 0.15) is 26.7 Å². The molecule has 5 heteroatoms. The van der Waals surface area contributed by atoms with Crippen LogP contribution in [0.5, 0.6) is 0 Å². The average molecular weight is 198 g/mol. The van der Waals surface area contributed by atoms with Crippen molar-refractivity contribution in [3.05, 3.63) is 0 Å². The fraction of sp³-hybridized carbons (Fsp3) is 0.778. The van der Waals surface area contributed by atoms with E-state index in [0.717, 1.165) is 19.4 Å². The lowest BCUT2D eigenvalue weighted by molar-refractivity contribution is -0.123. The van der Waals surface area contributed by atoms with Crippen molar-refractivity contribution >= 4 is 11.9 Å². The van der Waals surface area contributed by atoms with Crippen LogP contribution in [0.4, 0.5) is 0 Å². The van der Waals surface area contributed by atoms with Crippen molar-refractivity contribution in [2.24, 2.45) is 10.7 Å². The molecule has 0 bridgehead atoms. The SMILES string of the molecule is CC(C)NC(N)=NC1CCCNC1=O. The van der Waals surface area contributed by atoms with Crippen molar-refractivity contribution in [2.45, 2.75) is 38.8 Å². The summed E-state index contributed by atoms with van der Waals surface area (Å²) in [6.07, 6.45) is 1.75. The summed E-state index contributed by atoms with van der Waals surface area (Å²) in [4.78, 5) is 15.4. The Hall–Kier alpha value is -1.26. The smallest absolute Gasteiger partial charge is 0.244 e. The van der Waals surface area contributed by atoms with Crippen molar-refractivity contribution in [3.63, 3.8) is 0 Å². The number of piperidine rings is 1. The summed E-state index contributed by atoms with van der Waals surface area (Å²) in [7, 11) is 0. The molecule has 1 rings (SSSR count). The molecular weight excluding hydrogens is 180 g/mol. The van der Waals surface area contributed by atoms with E-state index in [1.165, 1.54) is 0 Å². The zero-order chi connectivity index (χ0) is 10.6. The van der Waals surface area contributed by atoms with E-state index in [1.54, 1.807) is 0 Å². The number of amides is 1. The second-order valence-electron chi connectivity index (χ2n) is 3.76. The van der Waals surface area contributed by atoms with Crippen LogP contribution in [0.3, 0.4) is 0 Å². The van der Waals surface area contributed by atoms with Gasteiger partial charge in [-0.05, 0) is 26.7 Å². The largest absolute Gasteiger partial charge is 0.370 e. The molecule has 4 N–H and O–H groups in total. The van der Waals surface area contributed by atoms with Crippen molar-refractivity contribution in [1.82, 2.24) is 10.6 Å². The molecule has 0 radical (unpaired) electrons. The number of nitrogens with zero attached hydrogens (tertiary/aromatic N) is 1. The number of carbonyl (C=O) groups excluding carboxylic acids is 1. The summed E-state index contributed by atoms with van der Waals surface area (Å²) in [5, 5.41) is 5.72. The first kappa shape index (κ1) is 10.8. The molecule has 1 fully saturated rings. The fourth-order valence-electron chi connectivity index (χ4n) is 1.38. The minimum Gasteiger partial charge on any atom is -0.370 e. The highest BCUT2D eigenvalue weighted by Gasteiger charge is 2.21. The molecule has 0 saturated carbocycles. The summed E-state index contributed by atoms with van der Waals surface area (Å²) in [6.45, 7) is 4.70. The standard InChI is InChI=1S/C9H18N4O/c1-6(2)12-9(10)13-7-4-3-5-11-8(7)14/h6-7H,3-5H2,1-2H3,(H,11,14)(H3,10,12,13). The molecule has 1 amide bonds. The van der Waals surface area contributed by atoms with Crippen LogP contribution in [0.2, 0.25) is 0 Å². The van der Waals surface area contributed by atoms with Crippen molar-refractivity contribution in [3.8, 4) is 0 Å². The molecule has 0 aromatic rings. The third-order valence-electron chi connectivity index (χ3n) is 1.99. The van der Waals surface area contributed by atoms with E-state index in [0.29, 0.717) is 5.96 Å². The summed E-state index contributed by atoms with van der Waals surface area (Å²) < 4.78 is 0. The lowest BCUT2D eigenvalue weighted by atomic mass is 10.1. The van der Waals surface area contributed by atoms with Crippen molar-refractivity contribution in [1.29, 1.82) is 0 Å². The summed E-state index contributed by atoms with van der Waals surface area (Å²) in [5.41, 5.74) is 5.63. The molecule has 0 spiro atoms. The molecular formula is C9H18N4O. The highest BCUT2D eigenvalue weighted by molar-refractivity contribution is 5.87. The molecule has 1 atom stereocenters. The third kappa shape index (κ3) is 3.24. The fourth-order valence-corrected chi connectivity index (χ4v) is 1.38. The van der Waals surface area contributed by atoms with Crippen molar-refractivity contribution < 1.29 is 4.79 Å². The average Bonchev–Trinajstić information content (AvgIpc) is 2.07. The highest BCUT2D eigenvalue weighted by Crippen LogP contribution is 2.06. The summed E-state index contributed by atoms with van der Waals surface area (Å²) in [6, 6.07) is -0.0691. The minimum absolute atomic E-state index is 0.0234. The van der Waals surface area contributed by atoms with E-state index in [2.05, 4.69) is 15.6 Å². The number of carbonyl (C=O) groups is 1. The van der Waals surface area contributed by atoms with Crippen LogP contribution in [-0.2, 0) is 4.79 Å².